The Labute approximate surface area is 183 Å². The third kappa shape index (κ3) is 2.48. The number of aliphatic hydroxyl groups excluding tert-OH is 1. The molecule has 5 rings (SSSR count). The molecule has 31 heavy (non-hydrogen) atoms. The van der Waals surface area contributed by atoms with Crippen LogP contribution in [0.3, 0.4) is 0 Å². The van der Waals surface area contributed by atoms with E-state index in [4.69, 9.17) is 14.2 Å². The molecular weight excluding hydrogens is 396 g/mol. The summed E-state index contributed by atoms with van der Waals surface area (Å²) in [5.41, 5.74) is 1.73. The molecule has 2 heterocycles. The largest absolute Gasteiger partial charge is 0.495 e. The van der Waals surface area contributed by atoms with Gasteiger partial charge in [0, 0.05) is 41.2 Å². The first-order valence-electron chi connectivity index (χ1n) is 11.3. The lowest BCUT2D eigenvalue weighted by atomic mass is 9.43. The highest BCUT2D eigenvalue weighted by Crippen LogP contribution is 2.64. The van der Waals surface area contributed by atoms with Crippen molar-refractivity contribution < 1.29 is 28.9 Å². The molecule has 0 spiro atoms. The maximum absolute atomic E-state index is 12.8. The summed E-state index contributed by atoms with van der Waals surface area (Å²) in [6.45, 7) is 10.5. The third-order valence-corrected chi connectivity index (χ3v) is 9.00. The Morgan fingerprint density at radius 2 is 1.84 bits per heavy atom. The SMILES string of the molecule is COc1c2c(c(C)c3c1C(=O)OC3)OC1(C)CC(O)C3C(C)(C)C(=O)CCC3(C)C1C2. The van der Waals surface area contributed by atoms with Gasteiger partial charge in [0.1, 0.15) is 35.1 Å². The van der Waals surface area contributed by atoms with Crippen molar-refractivity contribution in [3.8, 4) is 11.5 Å². The maximum atomic E-state index is 12.8. The van der Waals surface area contributed by atoms with Crippen LogP contribution in [-0.2, 0) is 22.6 Å². The summed E-state index contributed by atoms with van der Waals surface area (Å²) in [5.74, 6) is 1.13. The highest BCUT2D eigenvalue weighted by atomic mass is 16.5. The molecule has 5 atom stereocenters. The van der Waals surface area contributed by atoms with Gasteiger partial charge >= 0.3 is 5.97 Å². The first-order chi connectivity index (χ1) is 14.5. The number of fused-ring (bicyclic) bond motifs is 5. The molecule has 4 aliphatic rings. The highest BCUT2D eigenvalue weighted by Gasteiger charge is 2.66. The standard InChI is InChI=1S/C25H32O6/c1-12-14-11-30-22(28)18(14)20(29-6)13-9-16-24(4)8-7-17(27)23(2,3)21(24)15(26)10-25(16,5)31-19(12)13/h15-16,21,26H,7-11H2,1-6H3. The predicted molar refractivity (Wildman–Crippen MR) is 113 cm³/mol. The Morgan fingerprint density at radius 1 is 1.13 bits per heavy atom. The van der Waals surface area contributed by atoms with Crippen molar-refractivity contribution in [1.29, 1.82) is 0 Å². The van der Waals surface area contributed by atoms with Crippen LogP contribution >= 0.6 is 0 Å². The van der Waals surface area contributed by atoms with Gasteiger partial charge in [-0.15, -0.1) is 0 Å². The van der Waals surface area contributed by atoms with Gasteiger partial charge in [0.2, 0.25) is 0 Å². The van der Waals surface area contributed by atoms with Gasteiger partial charge in [0.15, 0.2) is 0 Å². The van der Waals surface area contributed by atoms with E-state index in [1.807, 2.05) is 20.8 Å². The second-order valence-electron chi connectivity index (χ2n) is 11.0. The van der Waals surface area contributed by atoms with Gasteiger partial charge in [-0.25, -0.2) is 4.79 Å². The van der Waals surface area contributed by atoms with Crippen molar-refractivity contribution in [2.24, 2.45) is 22.7 Å². The van der Waals surface area contributed by atoms with Crippen LogP contribution in [0.5, 0.6) is 11.5 Å². The van der Waals surface area contributed by atoms with E-state index < -0.39 is 17.1 Å². The molecule has 2 aliphatic heterocycles. The summed E-state index contributed by atoms with van der Waals surface area (Å²) in [6, 6.07) is 0. The summed E-state index contributed by atoms with van der Waals surface area (Å²) in [4.78, 5) is 25.3. The summed E-state index contributed by atoms with van der Waals surface area (Å²) in [6.07, 6.45) is 1.78. The Balaban J connectivity index is 1.69. The Morgan fingerprint density at radius 3 is 2.52 bits per heavy atom. The molecule has 2 fully saturated rings. The van der Waals surface area contributed by atoms with E-state index in [1.165, 1.54) is 0 Å². The van der Waals surface area contributed by atoms with Gasteiger partial charge in [-0.2, -0.15) is 0 Å². The Bertz CT molecular complexity index is 1010. The number of benzene rings is 1. The minimum absolute atomic E-state index is 0.0806. The second-order valence-corrected chi connectivity index (χ2v) is 11.0. The summed E-state index contributed by atoms with van der Waals surface area (Å²) >= 11 is 0. The lowest BCUT2D eigenvalue weighted by Crippen LogP contribution is -2.67. The van der Waals surface area contributed by atoms with Crippen molar-refractivity contribution in [2.75, 3.05) is 7.11 Å². The monoisotopic (exact) mass is 428 g/mol. The molecule has 1 N–H and O–H groups in total. The third-order valence-electron chi connectivity index (χ3n) is 9.00. The maximum Gasteiger partial charge on any atom is 0.342 e. The molecule has 0 amide bonds. The molecule has 6 heteroatoms. The fraction of sp³-hybridized carbons (Fsp3) is 0.680. The minimum Gasteiger partial charge on any atom is -0.495 e. The van der Waals surface area contributed by atoms with Gasteiger partial charge < -0.3 is 19.3 Å². The number of rotatable bonds is 1. The van der Waals surface area contributed by atoms with Gasteiger partial charge in [-0.3, -0.25) is 4.79 Å². The van der Waals surface area contributed by atoms with Crippen molar-refractivity contribution in [3.63, 3.8) is 0 Å². The number of aliphatic hydroxyl groups is 1. The lowest BCUT2D eigenvalue weighted by Gasteiger charge is -2.64. The molecule has 1 aromatic carbocycles. The van der Waals surface area contributed by atoms with Crippen molar-refractivity contribution in [2.45, 2.75) is 78.6 Å². The molecule has 0 bridgehead atoms. The van der Waals surface area contributed by atoms with Gasteiger partial charge in [0.05, 0.1) is 13.2 Å². The van der Waals surface area contributed by atoms with Crippen LogP contribution in [0.1, 0.15) is 74.0 Å². The number of carbonyl (C=O) groups excluding carboxylic acids is 2. The average molecular weight is 429 g/mol. The van der Waals surface area contributed by atoms with E-state index >= 15 is 0 Å². The van der Waals surface area contributed by atoms with Gasteiger partial charge in [0.25, 0.3) is 0 Å². The second kappa shape index (κ2) is 6.25. The Kier molecular flexibility index (Phi) is 4.19. The molecule has 0 aromatic heterocycles. The molecule has 0 saturated heterocycles. The van der Waals surface area contributed by atoms with Crippen LogP contribution in [0.2, 0.25) is 0 Å². The Hall–Kier alpha value is -2.08. The number of hydrogen-bond donors (Lipinski definition) is 1. The lowest BCUT2D eigenvalue weighted by molar-refractivity contribution is -0.208. The molecule has 2 saturated carbocycles. The van der Waals surface area contributed by atoms with E-state index in [9.17, 15) is 14.7 Å². The molecule has 2 aliphatic carbocycles. The highest BCUT2D eigenvalue weighted by molar-refractivity contribution is 5.98. The summed E-state index contributed by atoms with van der Waals surface area (Å²) < 4.78 is 17.8. The first kappa shape index (κ1) is 20.8. The van der Waals surface area contributed by atoms with E-state index in [0.29, 0.717) is 30.6 Å². The summed E-state index contributed by atoms with van der Waals surface area (Å²) in [5, 5.41) is 11.3. The van der Waals surface area contributed by atoms with Crippen molar-refractivity contribution in [1.82, 2.24) is 0 Å². The van der Waals surface area contributed by atoms with Crippen LogP contribution in [0.4, 0.5) is 0 Å². The normalized spacial score (nSPS) is 37.7. The number of ether oxygens (including phenoxy) is 3. The molecule has 0 radical (unpaired) electrons. The zero-order valence-corrected chi connectivity index (χ0v) is 19.3. The number of methoxy groups -OCH3 is 1. The average Bonchev–Trinajstić information content (AvgIpc) is 3.06. The predicted octanol–water partition coefficient (Wildman–Crippen LogP) is 3.76. The summed E-state index contributed by atoms with van der Waals surface area (Å²) in [7, 11) is 1.59. The van der Waals surface area contributed by atoms with Crippen LogP contribution in [0, 0.1) is 29.6 Å². The molecule has 168 valence electrons. The first-order valence-corrected chi connectivity index (χ1v) is 11.3. The van der Waals surface area contributed by atoms with Crippen molar-refractivity contribution in [3.05, 3.63) is 22.3 Å². The van der Waals surface area contributed by atoms with E-state index in [-0.39, 0.29) is 35.6 Å². The van der Waals surface area contributed by atoms with Crippen LogP contribution in [0.25, 0.3) is 0 Å². The molecule has 1 aromatic rings. The van der Waals surface area contributed by atoms with E-state index in [0.717, 1.165) is 28.9 Å². The van der Waals surface area contributed by atoms with Gasteiger partial charge in [-0.05, 0) is 37.7 Å². The van der Waals surface area contributed by atoms with E-state index in [2.05, 4.69) is 13.8 Å². The zero-order chi connectivity index (χ0) is 22.5. The quantitative estimate of drug-likeness (QED) is 0.686. The number of carbonyl (C=O) groups is 2. The number of hydrogen-bond acceptors (Lipinski definition) is 6. The number of esters is 1. The van der Waals surface area contributed by atoms with Gasteiger partial charge in [-0.1, -0.05) is 20.8 Å². The van der Waals surface area contributed by atoms with Crippen LogP contribution in [0.15, 0.2) is 0 Å². The van der Waals surface area contributed by atoms with E-state index in [1.54, 1.807) is 7.11 Å². The zero-order valence-electron chi connectivity index (χ0n) is 19.3. The number of Topliss-reactive ketones (excluding diaryl/α,β-unsaturated/α-hetero) is 1. The van der Waals surface area contributed by atoms with Crippen molar-refractivity contribution >= 4 is 11.8 Å². The fourth-order valence-electron chi connectivity index (χ4n) is 7.64. The topological polar surface area (TPSA) is 82.1 Å². The van der Waals surface area contributed by atoms with Crippen LogP contribution in [-0.4, -0.2) is 35.7 Å². The fourth-order valence-corrected chi connectivity index (χ4v) is 7.64. The smallest absolute Gasteiger partial charge is 0.342 e. The molecule has 5 unspecified atom stereocenters. The molecular formula is C25H32O6. The van der Waals surface area contributed by atoms with Crippen LogP contribution < -0.4 is 9.47 Å². The minimum atomic E-state index is -0.617. The number of ketones is 1. The number of cyclic esters (lactones) is 1. The molecule has 6 nitrogen and oxygen atoms in total.